The van der Waals surface area contributed by atoms with Gasteiger partial charge in [0.15, 0.2) is 0 Å². The maximum absolute atomic E-state index is 6.09. The highest BCUT2D eigenvalue weighted by Crippen LogP contribution is 2.24. The van der Waals surface area contributed by atoms with E-state index in [1.54, 1.807) is 0 Å². The molecule has 0 fully saturated rings. The summed E-state index contributed by atoms with van der Waals surface area (Å²) < 4.78 is 7.84. The molecule has 108 valence electrons. The lowest BCUT2D eigenvalue weighted by Gasteiger charge is -2.07. The summed E-state index contributed by atoms with van der Waals surface area (Å²) in [7, 11) is 0. The zero-order valence-corrected chi connectivity index (χ0v) is 12.4. The van der Waals surface area contributed by atoms with Crippen molar-refractivity contribution in [2.75, 3.05) is 0 Å². The minimum absolute atomic E-state index is 0.478. The molecule has 3 nitrogen and oxygen atoms in total. The fourth-order valence-corrected chi connectivity index (χ4v) is 2.61. The van der Waals surface area contributed by atoms with Gasteiger partial charge in [-0.3, -0.25) is 0 Å². The summed E-state index contributed by atoms with van der Waals surface area (Å²) in [4.78, 5) is 0. The van der Waals surface area contributed by atoms with Crippen molar-refractivity contribution in [1.29, 1.82) is 0 Å². The van der Waals surface area contributed by atoms with Crippen LogP contribution >= 0.6 is 11.6 Å². The standard InChI is InChI=1S/C17H17ClN2O/c18-15-6-7-16-14(9-19)10-20(17(16)8-15)12-21-11-13-4-2-1-3-5-13/h1-8,10H,9,11-12,19H2. The first-order valence-corrected chi connectivity index (χ1v) is 7.25. The topological polar surface area (TPSA) is 40.2 Å². The van der Waals surface area contributed by atoms with E-state index in [1.165, 1.54) is 0 Å². The van der Waals surface area contributed by atoms with Crippen LogP contribution < -0.4 is 5.73 Å². The smallest absolute Gasteiger partial charge is 0.123 e. The molecular weight excluding hydrogens is 284 g/mol. The summed E-state index contributed by atoms with van der Waals surface area (Å²) in [5.74, 6) is 0. The second-order valence-corrected chi connectivity index (χ2v) is 5.39. The van der Waals surface area contributed by atoms with Crippen molar-refractivity contribution >= 4 is 22.5 Å². The number of rotatable bonds is 5. The summed E-state index contributed by atoms with van der Waals surface area (Å²) >= 11 is 6.09. The predicted octanol–water partition coefficient (Wildman–Crippen LogP) is 3.93. The first-order valence-electron chi connectivity index (χ1n) is 6.87. The lowest BCUT2D eigenvalue weighted by Crippen LogP contribution is -2.01. The van der Waals surface area contributed by atoms with Crippen LogP contribution in [0.15, 0.2) is 54.7 Å². The van der Waals surface area contributed by atoms with E-state index in [-0.39, 0.29) is 0 Å². The van der Waals surface area contributed by atoms with Gasteiger partial charge in [0.25, 0.3) is 0 Å². The van der Waals surface area contributed by atoms with Crippen molar-refractivity contribution in [2.24, 2.45) is 5.73 Å². The van der Waals surface area contributed by atoms with Crippen molar-refractivity contribution in [3.63, 3.8) is 0 Å². The minimum Gasteiger partial charge on any atom is -0.356 e. The van der Waals surface area contributed by atoms with Crippen molar-refractivity contribution in [3.8, 4) is 0 Å². The fourth-order valence-electron chi connectivity index (χ4n) is 2.45. The number of benzene rings is 2. The van der Waals surface area contributed by atoms with Crippen molar-refractivity contribution < 1.29 is 4.74 Å². The van der Waals surface area contributed by atoms with E-state index in [1.807, 2.05) is 47.2 Å². The molecule has 0 radical (unpaired) electrons. The molecule has 21 heavy (non-hydrogen) atoms. The van der Waals surface area contributed by atoms with Gasteiger partial charge in [-0.25, -0.2) is 0 Å². The molecule has 0 aliphatic heterocycles. The second-order valence-electron chi connectivity index (χ2n) is 4.95. The van der Waals surface area contributed by atoms with Crippen LogP contribution in [0.1, 0.15) is 11.1 Å². The first-order chi connectivity index (χ1) is 10.3. The minimum atomic E-state index is 0.478. The Morgan fingerprint density at radius 1 is 1.10 bits per heavy atom. The first kappa shape index (κ1) is 14.1. The predicted molar refractivity (Wildman–Crippen MR) is 86.1 cm³/mol. The number of hydrogen-bond acceptors (Lipinski definition) is 2. The van der Waals surface area contributed by atoms with Crippen LogP contribution in [0.25, 0.3) is 10.9 Å². The molecule has 2 N–H and O–H groups in total. The zero-order valence-electron chi connectivity index (χ0n) is 11.6. The van der Waals surface area contributed by atoms with Crippen LogP contribution in [-0.4, -0.2) is 4.57 Å². The van der Waals surface area contributed by atoms with E-state index < -0.39 is 0 Å². The number of fused-ring (bicyclic) bond motifs is 1. The molecule has 0 unspecified atom stereocenters. The third-order valence-electron chi connectivity index (χ3n) is 3.49. The van der Waals surface area contributed by atoms with Crippen LogP contribution in [0.4, 0.5) is 0 Å². The monoisotopic (exact) mass is 300 g/mol. The molecule has 0 bridgehead atoms. The van der Waals surface area contributed by atoms with Gasteiger partial charge >= 0.3 is 0 Å². The maximum atomic E-state index is 6.09. The van der Waals surface area contributed by atoms with E-state index in [0.717, 1.165) is 22.0 Å². The largest absolute Gasteiger partial charge is 0.356 e. The summed E-state index contributed by atoms with van der Waals surface area (Å²) in [6.45, 7) is 1.56. The summed E-state index contributed by atoms with van der Waals surface area (Å²) in [6.07, 6.45) is 2.03. The van der Waals surface area contributed by atoms with Crippen LogP contribution in [0.2, 0.25) is 5.02 Å². The Labute approximate surface area is 128 Å². The SMILES string of the molecule is NCc1cn(COCc2ccccc2)c2cc(Cl)ccc12. The van der Waals surface area contributed by atoms with Crippen LogP contribution in [0.5, 0.6) is 0 Å². The van der Waals surface area contributed by atoms with Crippen LogP contribution in [0, 0.1) is 0 Å². The van der Waals surface area contributed by atoms with Crippen molar-refractivity contribution in [2.45, 2.75) is 19.9 Å². The third-order valence-corrected chi connectivity index (χ3v) is 3.72. The molecule has 0 spiro atoms. The highest BCUT2D eigenvalue weighted by molar-refractivity contribution is 6.31. The normalized spacial score (nSPS) is 11.1. The molecule has 3 aromatic rings. The number of ether oxygens (including phenoxy) is 1. The quantitative estimate of drug-likeness (QED) is 0.775. The van der Waals surface area contributed by atoms with Crippen LogP contribution in [0.3, 0.4) is 0 Å². The highest BCUT2D eigenvalue weighted by atomic mass is 35.5. The molecule has 1 aromatic heterocycles. The third kappa shape index (κ3) is 3.10. The van der Waals surface area contributed by atoms with Gasteiger partial charge in [0, 0.05) is 23.2 Å². The van der Waals surface area contributed by atoms with E-state index in [2.05, 4.69) is 12.1 Å². The Morgan fingerprint density at radius 3 is 2.67 bits per heavy atom. The fraction of sp³-hybridized carbons (Fsp3) is 0.176. The van der Waals surface area contributed by atoms with Gasteiger partial charge in [0.2, 0.25) is 0 Å². The number of aromatic nitrogens is 1. The van der Waals surface area contributed by atoms with E-state index >= 15 is 0 Å². The molecular formula is C17H17ClN2O. The Morgan fingerprint density at radius 2 is 1.90 bits per heavy atom. The summed E-state index contributed by atoms with van der Waals surface area (Å²) in [6, 6.07) is 16.0. The highest BCUT2D eigenvalue weighted by Gasteiger charge is 2.08. The molecule has 0 amide bonds. The average molecular weight is 301 g/mol. The molecule has 4 heteroatoms. The van der Waals surface area contributed by atoms with E-state index in [9.17, 15) is 0 Å². The van der Waals surface area contributed by atoms with Crippen molar-refractivity contribution in [3.05, 3.63) is 70.9 Å². The van der Waals surface area contributed by atoms with Gasteiger partial charge in [-0.2, -0.15) is 0 Å². The summed E-state index contributed by atoms with van der Waals surface area (Å²) in [5.41, 5.74) is 9.11. The van der Waals surface area contributed by atoms with E-state index in [0.29, 0.717) is 24.9 Å². The Kier molecular flexibility index (Phi) is 4.25. The second kappa shape index (κ2) is 6.31. The van der Waals surface area contributed by atoms with Gasteiger partial charge in [0.05, 0.1) is 12.1 Å². The Bertz CT molecular complexity index is 737. The lowest BCUT2D eigenvalue weighted by molar-refractivity contribution is 0.0667. The number of halogens is 1. The molecule has 0 atom stereocenters. The summed E-state index contributed by atoms with van der Waals surface area (Å²) in [5, 5.41) is 1.85. The van der Waals surface area contributed by atoms with Crippen LogP contribution in [-0.2, 0) is 24.6 Å². The van der Waals surface area contributed by atoms with Gasteiger partial charge in [-0.15, -0.1) is 0 Å². The van der Waals surface area contributed by atoms with E-state index in [4.69, 9.17) is 22.1 Å². The maximum Gasteiger partial charge on any atom is 0.123 e. The molecule has 3 rings (SSSR count). The number of nitrogens with two attached hydrogens (primary N) is 1. The zero-order chi connectivity index (χ0) is 14.7. The molecule has 0 saturated heterocycles. The number of hydrogen-bond donors (Lipinski definition) is 1. The molecule has 0 saturated carbocycles. The lowest BCUT2D eigenvalue weighted by atomic mass is 10.2. The average Bonchev–Trinajstić information content (AvgIpc) is 2.86. The Hall–Kier alpha value is -1.81. The molecule has 0 aliphatic rings. The van der Waals surface area contributed by atoms with Gasteiger partial charge in [-0.1, -0.05) is 48.0 Å². The van der Waals surface area contributed by atoms with Crippen molar-refractivity contribution in [1.82, 2.24) is 4.57 Å². The molecule has 1 heterocycles. The number of nitrogens with zero attached hydrogens (tertiary/aromatic N) is 1. The van der Waals surface area contributed by atoms with Gasteiger partial charge in [0.1, 0.15) is 6.73 Å². The van der Waals surface area contributed by atoms with Gasteiger partial charge in [-0.05, 0) is 23.3 Å². The Balaban J connectivity index is 1.79. The molecule has 2 aromatic carbocycles. The molecule has 0 aliphatic carbocycles. The van der Waals surface area contributed by atoms with Gasteiger partial charge < -0.3 is 15.0 Å².